The third-order valence-electron chi connectivity index (χ3n) is 4.63. The molecule has 1 aliphatic heterocycles. The lowest BCUT2D eigenvalue weighted by atomic mass is 9.89. The van der Waals surface area contributed by atoms with Crippen LogP contribution in [0.1, 0.15) is 43.2 Å². The Morgan fingerprint density at radius 2 is 2.05 bits per heavy atom. The molecule has 1 aromatic rings. The zero-order valence-electron chi connectivity index (χ0n) is 12.6. The number of urea groups is 1. The molecule has 0 spiro atoms. The molecule has 0 radical (unpaired) electrons. The summed E-state index contributed by atoms with van der Waals surface area (Å²) in [5, 5.41) is 9.34. The first-order valence-electron chi connectivity index (χ1n) is 8.18. The normalized spacial score (nSPS) is 18.9. The minimum atomic E-state index is -0.0746. The van der Waals surface area contributed by atoms with Crippen LogP contribution in [-0.2, 0) is 13.0 Å². The van der Waals surface area contributed by atoms with Crippen LogP contribution in [0.4, 0.5) is 10.5 Å². The van der Waals surface area contributed by atoms with Gasteiger partial charge in [0, 0.05) is 18.8 Å². The maximum Gasteiger partial charge on any atom is 0.319 e. The number of hydrogen-bond acceptors (Lipinski definition) is 2. The van der Waals surface area contributed by atoms with Gasteiger partial charge < -0.3 is 16.0 Å². The fourth-order valence-electron chi connectivity index (χ4n) is 3.36. The monoisotopic (exact) mass is 287 g/mol. The van der Waals surface area contributed by atoms with Gasteiger partial charge in [0.25, 0.3) is 0 Å². The summed E-state index contributed by atoms with van der Waals surface area (Å²) >= 11 is 0. The first-order valence-corrected chi connectivity index (χ1v) is 8.18. The van der Waals surface area contributed by atoms with Crippen molar-refractivity contribution < 1.29 is 4.79 Å². The Morgan fingerprint density at radius 3 is 2.90 bits per heavy atom. The van der Waals surface area contributed by atoms with Gasteiger partial charge in [-0.25, -0.2) is 4.79 Å². The van der Waals surface area contributed by atoms with Crippen molar-refractivity contribution in [2.75, 3.05) is 18.4 Å². The zero-order chi connectivity index (χ0) is 14.5. The summed E-state index contributed by atoms with van der Waals surface area (Å²) in [5.74, 6) is 0.666. The average Bonchev–Trinajstić information content (AvgIpc) is 2.54. The van der Waals surface area contributed by atoms with Gasteiger partial charge in [-0.05, 0) is 55.0 Å². The number of hydrogen-bond donors (Lipinski definition) is 3. The van der Waals surface area contributed by atoms with E-state index in [1.54, 1.807) is 0 Å². The number of carbonyl (C=O) groups is 1. The van der Waals surface area contributed by atoms with Crippen LogP contribution in [0.5, 0.6) is 0 Å². The van der Waals surface area contributed by atoms with Gasteiger partial charge in [0.2, 0.25) is 0 Å². The molecule has 1 aromatic carbocycles. The van der Waals surface area contributed by atoms with Crippen LogP contribution in [0.15, 0.2) is 18.2 Å². The van der Waals surface area contributed by atoms with Gasteiger partial charge in [0.15, 0.2) is 0 Å². The number of nitrogens with one attached hydrogen (secondary N) is 3. The number of anilines is 1. The van der Waals surface area contributed by atoms with Crippen LogP contribution in [0.25, 0.3) is 0 Å². The maximum atomic E-state index is 12.0. The van der Waals surface area contributed by atoms with E-state index in [2.05, 4.69) is 28.1 Å². The number of amides is 2. The number of benzene rings is 1. The van der Waals surface area contributed by atoms with E-state index in [0.29, 0.717) is 5.92 Å². The molecule has 0 atom stereocenters. The van der Waals surface area contributed by atoms with Gasteiger partial charge in [0.1, 0.15) is 0 Å². The van der Waals surface area contributed by atoms with Gasteiger partial charge in [-0.15, -0.1) is 0 Å². The van der Waals surface area contributed by atoms with Crippen LogP contribution >= 0.6 is 0 Å². The second kappa shape index (κ2) is 6.94. The number of fused-ring (bicyclic) bond motifs is 1. The molecule has 0 unspecified atom stereocenters. The molecule has 3 rings (SSSR count). The molecule has 2 amide bonds. The summed E-state index contributed by atoms with van der Waals surface area (Å²) in [6, 6.07) is 6.13. The molecule has 0 aromatic heterocycles. The first kappa shape index (κ1) is 14.4. The van der Waals surface area contributed by atoms with Crippen LogP contribution in [-0.4, -0.2) is 19.1 Å². The first-order chi connectivity index (χ1) is 10.3. The summed E-state index contributed by atoms with van der Waals surface area (Å²) in [7, 11) is 0. The van der Waals surface area contributed by atoms with E-state index in [4.69, 9.17) is 0 Å². The van der Waals surface area contributed by atoms with Crippen LogP contribution in [0.3, 0.4) is 0 Å². The predicted molar refractivity (Wildman–Crippen MR) is 85.4 cm³/mol. The SMILES string of the molecule is O=C(NCC1CCCCC1)Nc1ccc2c(c1)CCNC2. The fraction of sp³-hybridized carbons (Fsp3) is 0.588. The second-order valence-corrected chi connectivity index (χ2v) is 6.25. The molecule has 3 N–H and O–H groups in total. The van der Waals surface area contributed by atoms with E-state index in [0.717, 1.165) is 31.7 Å². The summed E-state index contributed by atoms with van der Waals surface area (Å²) in [4.78, 5) is 12.0. The number of rotatable bonds is 3. The van der Waals surface area contributed by atoms with E-state index in [1.165, 1.54) is 43.2 Å². The van der Waals surface area contributed by atoms with E-state index in [1.807, 2.05) is 6.07 Å². The summed E-state index contributed by atoms with van der Waals surface area (Å²) in [6.45, 7) is 2.76. The quantitative estimate of drug-likeness (QED) is 0.800. The van der Waals surface area contributed by atoms with Crippen molar-refractivity contribution in [1.82, 2.24) is 10.6 Å². The predicted octanol–water partition coefficient (Wildman–Crippen LogP) is 3.03. The smallest absolute Gasteiger partial charge is 0.319 e. The van der Waals surface area contributed by atoms with Crippen molar-refractivity contribution >= 4 is 11.7 Å². The molecule has 21 heavy (non-hydrogen) atoms. The lowest BCUT2D eigenvalue weighted by molar-refractivity contribution is 0.247. The third kappa shape index (κ3) is 3.97. The van der Waals surface area contributed by atoms with Crippen molar-refractivity contribution in [3.8, 4) is 0 Å². The third-order valence-corrected chi connectivity index (χ3v) is 4.63. The minimum Gasteiger partial charge on any atom is -0.338 e. The Morgan fingerprint density at radius 1 is 1.19 bits per heavy atom. The van der Waals surface area contributed by atoms with Crippen molar-refractivity contribution in [1.29, 1.82) is 0 Å². The van der Waals surface area contributed by atoms with E-state index in [9.17, 15) is 4.79 Å². The van der Waals surface area contributed by atoms with E-state index < -0.39 is 0 Å². The maximum absolute atomic E-state index is 12.0. The highest BCUT2D eigenvalue weighted by molar-refractivity contribution is 5.89. The lowest BCUT2D eigenvalue weighted by Gasteiger charge is -2.22. The molecule has 2 aliphatic rings. The largest absolute Gasteiger partial charge is 0.338 e. The van der Waals surface area contributed by atoms with Gasteiger partial charge in [-0.2, -0.15) is 0 Å². The van der Waals surface area contributed by atoms with Gasteiger partial charge in [-0.1, -0.05) is 25.3 Å². The van der Waals surface area contributed by atoms with E-state index in [-0.39, 0.29) is 6.03 Å². The van der Waals surface area contributed by atoms with Crippen molar-refractivity contribution in [2.24, 2.45) is 5.92 Å². The minimum absolute atomic E-state index is 0.0746. The molecule has 1 fully saturated rings. The molecule has 1 aliphatic carbocycles. The van der Waals surface area contributed by atoms with Gasteiger partial charge >= 0.3 is 6.03 Å². The molecule has 114 valence electrons. The van der Waals surface area contributed by atoms with Gasteiger partial charge in [-0.3, -0.25) is 0 Å². The number of carbonyl (C=O) groups excluding carboxylic acids is 1. The average molecular weight is 287 g/mol. The Labute approximate surface area is 126 Å². The topological polar surface area (TPSA) is 53.2 Å². The Hall–Kier alpha value is -1.55. The van der Waals surface area contributed by atoms with Crippen LogP contribution in [0.2, 0.25) is 0 Å². The van der Waals surface area contributed by atoms with Gasteiger partial charge in [0.05, 0.1) is 0 Å². The summed E-state index contributed by atoms with van der Waals surface area (Å²) in [6.07, 6.45) is 7.53. The zero-order valence-corrected chi connectivity index (χ0v) is 12.6. The molecular weight excluding hydrogens is 262 g/mol. The second-order valence-electron chi connectivity index (χ2n) is 6.25. The van der Waals surface area contributed by atoms with Crippen LogP contribution < -0.4 is 16.0 Å². The fourth-order valence-corrected chi connectivity index (χ4v) is 3.36. The summed E-state index contributed by atoms with van der Waals surface area (Å²) < 4.78 is 0. The molecule has 0 bridgehead atoms. The van der Waals surface area contributed by atoms with Crippen molar-refractivity contribution in [3.05, 3.63) is 29.3 Å². The molecule has 4 nitrogen and oxygen atoms in total. The standard InChI is InChI=1S/C17H25N3O/c21-17(19-11-13-4-2-1-3-5-13)20-16-7-6-15-12-18-9-8-14(15)10-16/h6-7,10,13,18H,1-5,8-9,11-12H2,(H2,19,20,21). The van der Waals surface area contributed by atoms with Crippen molar-refractivity contribution in [2.45, 2.75) is 45.1 Å². The Kier molecular flexibility index (Phi) is 4.76. The molecule has 1 saturated carbocycles. The molecule has 1 heterocycles. The summed E-state index contributed by atoms with van der Waals surface area (Å²) in [5.41, 5.74) is 3.59. The molecule has 0 saturated heterocycles. The highest BCUT2D eigenvalue weighted by Gasteiger charge is 2.14. The Bertz CT molecular complexity index is 495. The van der Waals surface area contributed by atoms with E-state index >= 15 is 0 Å². The van der Waals surface area contributed by atoms with Crippen molar-refractivity contribution in [3.63, 3.8) is 0 Å². The Balaban J connectivity index is 1.50. The highest BCUT2D eigenvalue weighted by Crippen LogP contribution is 2.23. The van der Waals surface area contributed by atoms with Crippen LogP contribution in [0, 0.1) is 5.92 Å². The molecular formula is C17H25N3O. The highest BCUT2D eigenvalue weighted by atomic mass is 16.2. The molecule has 4 heteroatoms. The lowest BCUT2D eigenvalue weighted by Crippen LogP contribution is -2.33.